The van der Waals surface area contributed by atoms with Crippen LogP contribution in [0, 0.1) is 5.92 Å². The first-order valence-electron chi connectivity index (χ1n) is 10.2. The Morgan fingerprint density at radius 1 is 1.31 bits per heavy atom. The molecule has 0 spiro atoms. The van der Waals surface area contributed by atoms with E-state index in [0.29, 0.717) is 37.8 Å². The number of hydrogen-bond acceptors (Lipinski definition) is 5. The predicted octanol–water partition coefficient (Wildman–Crippen LogP) is 3.12. The molecule has 0 aromatic carbocycles. The zero-order valence-electron chi connectivity index (χ0n) is 15.9. The molecular weight excluding hydrogens is 332 g/mol. The van der Waals surface area contributed by atoms with Gasteiger partial charge in [-0.2, -0.15) is 4.98 Å². The minimum Gasteiger partial charge on any atom is -0.381 e. The number of aromatic nitrogens is 2. The van der Waals surface area contributed by atoms with Crippen LogP contribution in [0.2, 0.25) is 0 Å². The third-order valence-electron chi connectivity index (χ3n) is 5.37. The van der Waals surface area contributed by atoms with Gasteiger partial charge in [0.2, 0.25) is 5.89 Å². The summed E-state index contributed by atoms with van der Waals surface area (Å²) < 4.78 is 11.2. The van der Waals surface area contributed by atoms with E-state index in [2.05, 4.69) is 22.4 Å². The Balaban J connectivity index is 1.42. The van der Waals surface area contributed by atoms with E-state index in [4.69, 9.17) is 9.26 Å². The second-order valence-corrected chi connectivity index (χ2v) is 7.54. The van der Waals surface area contributed by atoms with E-state index in [1.165, 1.54) is 25.7 Å². The molecule has 7 heteroatoms. The summed E-state index contributed by atoms with van der Waals surface area (Å²) in [4.78, 5) is 18.6. The number of nitrogens with one attached hydrogen (secondary N) is 1. The molecule has 1 aliphatic carbocycles. The zero-order chi connectivity index (χ0) is 18.2. The van der Waals surface area contributed by atoms with Crippen LogP contribution in [0.15, 0.2) is 4.52 Å². The van der Waals surface area contributed by atoms with E-state index < -0.39 is 0 Å². The van der Waals surface area contributed by atoms with Gasteiger partial charge in [-0.05, 0) is 38.0 Å². The minimum absolute atomic E-state index is 0.0107. The van der Waals surface area contributed by atoms with Crippen molar-refractivity contribution in [2.75, 3.05) is 32.8 Å². The summed E-state index contributed by atoms with van der Waals surface area (Å²) in [6.07, 6.45) is 8.87. The first kappa shape index (κ1) is 19.1. The van der Waals surface area contributed by atoms with Gasteiger partial charge in [-0.15, -0.1) is 0 Å². The van der Waals surface area contributed by atoms with Gasteiger partial charge in [-0.25, -0.2) is 4.79 Å². The summed E-state index contributed by atoms with van der Waals surface area (Å²) in [5, 5.41) is 7.04. The van der Waals surface area contributed by atoms with Crippen LogP contribution < -0.4 is 5.32 Å². The van der Waals surface area contributed by atoms with Crippen molar-refractivity contribution < 1.29 is 14.1 Å². The number of carbonyl (C=O) groups is 1. The van der Waals surface area contributed by atoms with Crippen LogP contribution >= 0.6 is 0 Å². The third kappa shape index (κ3) is 5.43. The Morgan fingerprint density at radius 3 is 2.96 bits per heavy atom. The minimum atomic E-state index is 0.0107. The normalized spacial score (nSPS) is 21.3. The lowest BCUT2D eigenvalue weighted by Crippen LogP contribution is -2.45. The van der Waals surface area contributed by atoms with Crippen molar-refractivity contribution in [1.82, 2.24) is 20.4 Å². The van der Waals surface area contributed by atoms with E-state index in [9.17, 15) is 4.79 Å². The smallest absolute Gasteiger partial charge is 0.317 e. The van der Waals surface area contributed by atoms with Gasteiger partial charge >= 0.3 is 6.03 Å². The van der Waals surface area contributed by atoms with Gasteiger partial charge in [0.05, 0.1) is 12.5 Å². The Morgan fingerprint density at radius 2 is 2.15 bits per heavy atom. The molecule has 1 saturated heterocycles. The molecule has 3 rings (SSSR count). The average molecular weight is 364 g/mol. The maximum absolute atomic E-state index is 12.2. The molecule has 26 heavy (non-hydrogen) atoms. The fourth-order valence-electron chi connectivity index (χ4n) is 3.83. The zero-order valence-corrected chi connectivity index (χ0v) is 15.9. The lowest BCUT2D eigenvalue weighted by molar-refractivity contribution is 0.102. The van der Waals surface area contributed by atoms with Gasteiger partial charge in [0.25, 0.3) is 0 Å². The van der Waals surface area contributed by atoms with Crippen LogP contribution in [-0.4, -0.2) is 53.9 Å². The summed E-state index contributed by atoms with van der Waals surface area (Å²) in [6, 6.07) is 0.0107. The third-order valence-corrected chi connectivity index (χ3v) is 5.37. The Hall–Kier alpha value is -1.63. The van der Waals surface area contributed by atoms with Crippen LogP contribution in [0.25, 0.3) is 0 Å². The van der Waals surface area contributed by atoms with Crippen molar-refractivity contribution in [3.8, 4) is 0 Å². The van der Waals surface area contributed by atoms with Gasteiger partial charge in [0.1, 0.15) is 0 Å². The second kappa shape index (κ2) is 9.90. The lowest BCUT2D eigenvalue weighted by atomic mass is 9.98. The standard InChI is InChI=1S/C19H32N4O3/c1-2-10-20-19(24)23-11-5-8-16(13-23)18-21-17(22-26-18)9-12-25-14-15-6-3-4-7-15/h15-16H,2-14H2,1H3,(H,20,24). The molecule has 0 radical (unpaired) electrons. The highest BCUT2D eigenvalue weighted by Crippen LogP contribution is 2.26. The van der Waals surface area contributed by atoms with Crippen molar-refractivity contribution >= 4 is 6.03 Å². The number of urea groups is 1. The number of ether oxygens (including phenoxy) is 1. The molecule has 1 unspecified atom stereocenters. The van der Waals surface area contributed by atoms with Crippen molar-refractivity contribution in [3.63, 3.8) is 0 Å². The van der Waals surface area contributed by atoms with Crippen molar-refractivity contribution in [3.05, 3.63) is 11.7 Å². The van der Waals surface area contributed by atoms with Gasteiger partial charge in [0, 0.05) is 32.7 Å². The Labute approximate surface area is 155 Å². The number of amides is 2. The Kier molecular flexibility index (Phi) is 7.29. The molecule has 2 heterocycles. The number of nitrogens with zero attached hydrogens (tertiary/aromatic N) is 3. The highest BCUT2D eigenvalue weighted by atomic mass is 16.5. The number of rotatable bonds is 8. The van der Waals surface area contributed by atoms with E-state index in [1.54, 1.807) is 0 Å². The van der Waals surface area contributed by atoms with Gasteiger partial charge in [0.15, 0.2) is 5.82 Å². The average Bonchev–Trinajstić information content (AvgIpc) is 3.35. The molecule has 2 amide bonds. The molecule has 1 aliphatic heterocycles. The lowest BCUT2D eigenvalue weighted by Gasteiger charge is -2.31. The number of hydrogen-bond donors (Lipinski definition) is 1. The highest BCUT2D eigenvalue weighted by Gasteiger charge is 2.28. The molecule has 1 saturated carbocycles. The van der Waals surface area contributed by atoms with Crippen LogP contribution in [0.1, 0.15) is 69.5 Å². The first-order chi connectivity index (χ1) is 12.8. The van der Waals surface area contributed by atoms with Gasteiger partial charge < -0.3 is 19.5 Å². The molecule has 7 nitrogen and oxygen atoms in total. The molecular formula is C19H32N4O3. The fraction of sp³-hybridized carbons (Fsp3) is 0.842. The van der Waals surface area contributed by atoms with Gasteiger partial charge in [-0.1, -0.05) is 24.9 Å². The predicted molar refractivity (Wildman–Crippen MR) is 98.0 cm³/mol. The SMILES string of the molecule is CCCNC(=O)N1CCCC(c2nc(CCOCC3CCCC3)no2)C1. The molecule has 2 fully saturated rings. The topological polar surface area (TPSA) is 80.5 Å². The van der Waals surface area contributed by atoms with Crippen LogP contribution in [0.5, 0.6) is 0 Å². The molecule has 1 aromatic heterocycles. The van der Waals surface area contributed by atoms with E-state index in [0.717, 1.165) is 38.3 Å². The van der Waals surface area contributed by atoms with E-state index in [-0.39, 0.29) is 11.9 Å². The fourth-order valence-corrected chi connectivity index (χ4v) is 3.83. The summed E-state index contributed by atoms with van der Waals surface area (Å²) in [5.41, 5.74) is 0. The van der Waals surface area contributed by atoms with E-state index >= 15 is 0 Å². The quantitative estimate of drug-likeness (QED) is 0.717. The van der Waals surface area contributed by atoms with Crippen molar-refractivity contribution in [1.29, 1.82) is 0 Å². The van der Waals surface area contributed by atoms with E-state index in [1.807, 2.05) is 4.90 Å². The maximum Gasteiger partial charge on any atom is 0.317 e. The molecule has 146 valence electrons. The molecule has 1 aromatic rings. The molecule has 1 atom stereocenters. The number of carbonyl (C=O) groups excluding carboxylic acids is 1. The summed E-state index contributed by atoms with van der Waals surface area (Å²) in [6.45, 7) is 5.71. The van der Waals surface area contributed by atoms with Crippen LogP contribution in [-0.2, 0) is 11.2 Å². The monoisotopic (exact) mass is 364 g/mol. The summed E-state index contributed by atoms with van der Waals surface area (Å²) in [5.74, 6) is 2.24. The number of piperidine rings is 1. The summed E-state index contributed by atoms with van der Waals surface area (Å²) in [7, 11) is 0. The second-order valence-electron chi connectivity index (χ2n) is 7.54. The van der Waals surface area contributed by atoms with Crippen molar-refractivity contribution in [2.24, 2.45) is 5.92 Å². The molecule has 1 N–H and O–H groups in total. The number of likely N-dealkylation sites (tertiary alicyclic amines) is 1. The maximum atomic E-state index is 12.2. The highest BCUT2D eigenvalue weighted by molar-refractivity contribution is 5.74. The first-order valence-corrected chi connectivity index (χ1v) is 10.2. The largest absolute Gasteiger partial charge is 0.381 e. The molecule has 2 aliphatic rings. The Bertz CT molecular complexity index is 557. The van der Waals surface area contributed by atoms with Crippen molar-refractivity contribution in [2.45, 2.75) is 64.2 Å². The molecule has 0 bridgehead atoms. The van der Waals surface area contributed by atoms with Crippen LogP contribution in [0.3, 0.4) is 0 Å². The van der Waals surface area contributed by atoms with Gasteiger partial charge in [-0.3, -0.25) is 0 Å². The summed E-state index contributed by atoms with van der Waals surface area (Å²) >= 11 is 0. The van der Waals surface area contributed by atoms with Crippen LogP contribution in [0.4, 0.5) is 4.79 Å².